The fourth-order valence-electron chi connectivity index (χ4n) is 1.52. The Balaban J connectivity index is 2.28. The third kappa shape index (κ3) is 2.81. The zero-order valence-corrected chi connectivity index (χ0v) is 11.2. The molecule has 18 heavy (non-hydrogen) atoms. The van der Waals surface area contributed by atoms with Gasteiger partial charge in [0.2, 0.25) is 0 Å². The van der Waals surface area contributed by atoms with Crippen molar-refractivity contribution in [1.29, 1.82) is 0 Å². The molecule has 0 aromatic heterocycles. The topological polar surface area (TPSA) is 47.3 Å². The summed E-state index contributed by atoms with van der Waals surface area (Å²) in [5, 5.41) is 4.28. The molecule has 0 fully saturated rings. The first-order valence-electron chi connectivity index (χ1n) is 5.26. The largest absolute Gasteiger partial charge is 0.497 e. The van der Waals surface area contributed by atoms with Crippen LogP contribution >= 0.6 is 23.2 Å². The van der Waals surface area contributed by atoms with E-state index in [1.54, 1.807) is 31.4 Å². The van der Waals surface area contributed by atoms with Crippen LogP contribution in [0.5, 0.6) is 5.75 Å². The highest BCUT2D eigenvalue weighted by atomic mass is 35.5. The lowest BCUT2D eigenvalue weighted by Crippen LogP contribution is -1.97. The maximum Gasteiger partial charge on any atom is 0.121 e. The molecular formula is C13H12Cl2N2O. The minimum Gasteiger partial charge on any atom is -0.497 e. The fraction of sp³-hybridized carbons (Fsp3) is 0.0769. The molecule has 5 heteroatoms. The van der Waals surface area contributed by atoms with Crippen molar-refractivity contribution in [1.82, 2.24) is 0 Å². The summed E-state index contributed by atoms with van der Waals surface area (Å²) < 4.78 is 5.09. The van der Waals surface area contributed by atoms with E-state index in [1.807, 2.05) is 12.1 Å². The van der Waals surface area contributed by atoms with E-state index >= 15 is 0 Å². The molecule has 2 rings (SSSR count). The van der Waals surface area contributed by atoms with Crippen LogP contribution in [0.3, 0.4) is 0 Å². The lowest BCUT2D eigenvalue weighted by molar-refractivity contribution is 0.415. The van der Waals surface area contributed by atoms with E-state index in [0.29, 0.717) is 21.5 Å². The van der Waals surface area contributed by atoms with Crippen molar-refractivity contribution in [3.8, 4) is 5.75 Å². The van der Waals surface area contributed by atoms with Crippen molar-refractivity contribution in [3.05, 3.63) is 46.4 Å². The first-order chi connectivity index (χ1) is 8.60. The smallest absolute Gasteiger partial charge is 0.121 e. The lowest BCUT2D eigenvalue weighted by Gasteiger charge is -2.12. The van der Waals surface area contributed by atoms with Crippen LogP contribution in [0.15, 0.2) is 36.4 Å². The van der Waals surface area contributed by atoms with E-state index in [0.717, 1.165) is 11.4 Å². The zero-order valence-electron chi connectivity index (χ0n) is 9.71. The molecule has 0 aliphatic rings. The molecule has 3 N–H and O–H groups in total. The maximum absolute atomic E-state index is 6.08. The van der Waals surface area contributed by atoms with E-state index in [1.165, 1.54) is 0 Å². The number of ether oxygens (including phenoxy) is 1. The Bertz CT molecular complexity index is 573. The predicted molar refractivity (Wildman–Crippen MR) is 77.2 cm³/mol. The molecule has 0 unspecified atom stereocenters. The van der Waals surface area contributed by atoms with Crippen LogP contribution in [0.1, 0.15) is 0 Å². The number of benzene rings is 2. The number of methoxy groups -OCH3 is 1. The molecule has 2 aromatic rings. The van der Waals surface area contributed by atoms with Gasteiger partial charge in [0.25, 0.3) is 0 Å². The summed E-state index contributed by atoms with van der Waals surface area (Å²) in [6, 6.07) is 10.6. The summed E-state index contributed by atoms with van der Waals surface area (Å²) in [4.78, 5) is 0. The number of hydrogen-bond donors (Lipinski definition) is 2. The molecule has 0 saturated heterocycles. The van der Waals surface area contributed by atoms with Gasteiger partial charge in [0.1, 0.15) is 5.75 Å². The number of nitrogens with one attached hydrogen (secondary N) is 1. The van der Waals surface area contributed by atoms with Crippen LogP contribution in [0.2, 0.25) is 10.0 Å². The van der Waals surface area contributed by atoms with Gasteiger partial charge in [0.15, 0.2) is 0 Å². The molecular weight excluding hydrogens is 271 g/mol. The summed E-state index contributed by atoms with van der Waals surface area (Å²) in [6.07, 6.45) is 0. The van der Waals surface area contributed by atoms with Crippen LogP contribution in [0, 0.1) is 0 Å². The molecule has 0 radical (unpaired) electrons. The monoisotopic (exact) mass is 282 g/mol. The van der Waals surface area contributed by atoms with Gasteiger partial charge < -0.3 is 15.8 Å². The van der Waals surface area contributed by atoms with Crippen LogP contribution in [-0.4, -0.2) is 7.11 Å². The van der Waals surface area contributed by atoms with Crippen molar-refractivity contribution in [3.63, 3.8) is 0 Å². The normalized spacial score (nSPS) is 10.2. The Morgan fingerprint density at radius 2 is 1.78 bits per heavy atom. The summed E-state index contributed by atoms with van der Waals surface area (Å²) in [5.41, 5.74) is 8.01. The number of nitrogens with two attached hydrogens (primary N) is 1. The molecule has 0 atom stereocenters. The van der Waals surface area contributed by atoms with E-state index in [2.05, 4.69) is 5.32 Å². The number of hydrogen-bond acceptors (Lipinski definition) is 3. The van der Waals surface area contributed by atoms with Crippen molar-refractivity contribution < 1.29 is 4.74 Å². The Labute approximate surface area is 115 Å². The second-order valence-electron chi connectivity index (χ2n) is 3.70. The summed E-state index contributed by atoms with van der Waals surface area (Å²) in [5.74, 6) is 0.709. The second-order valence-corrected chi connectivity index (χ2v) is 4.55. The SMILES string of the molecule is COc1ccc(Nc2ccc(Cl)cc2Cl)c(N)c1. The van der Waals surface area contributed by atoms with Gasteiger partial charge in [0, 0.05) is 11.1 Å². The molecule has 0 aliphatic heterocycles. The van der Waals surface area contributed by atoms with Gasteiger partial charge in [-0.1, -0.05) is 23.2 Å². The van der Waals surface area contributed by atoms with Crippen molar-refractivity contribution in [2.75, 3.05) is 18.2 Å². The molecule has 0 bridgehead atoms. The first kappa shape index (κ1) is 12.9. The van der Waals surface area contributed by atoms with Crippen LogP contribution in [0.4, 0.5) is 17.1 Å². The highest BCUT2D eigenvalue weighted by Gasteiger charge is 2.05. The standard InChI is InChI=1S/C13H12Cl2N2O/c1-18-9-3-5-13(11(16)7-9)17-12-4-2-8(14)6-10(12)15/h2-7,17H,16H2,1H3. The maximum atomic E-state index is 6.08. The van der Waals surface area contributed by atoms with Gasteiger partial charge in [-0.15, -0.1) is 0 Å². The predicted octanol–water partition coefficient (Wildman–Crippen LogP) is 4.33. The number of anilines is 3. The molecule has 0 heterocycles. The van der Waals surface area contributed by atoms with Crippen molar-refractivity contribution >= 4 is 40.3 Å². The number of halogens is 2. The van der Waals surface area contributed by atoms with Crippen molar-refractivity contribution in [2.45, 2.75) is 0 Å². The summed E-state index contributed by atoms with van der Waals surface area (Å²) in [6.45, 7) is 0. The van der Waals surface area contributed by atoms with E-state index in [4.69, 9.17) is 33.7 Å². The van der Waals surface area contributed by atoms with E-state index in [9.17, 15) is 0 Å². The molecule has 0 spiro atoms. The average Bonchev–Trinajstić information content (AvgIpc) is 2.34. The molecule has 0 saturated carbocycles. The van der Waals surface area contributed by atoms with E-state index < -0.39 is 0 Å². The highest BCUT2D eigenvalue weighted by Crippen LogP contribution is 2.31. The fourth-order valence-corrected chi connectivity index (χ4v) is 1.97. The quantitative estimate of drug-likeness (QED) is 0.824. The Hall–Kier alpha value is -1.58. The third-order valence-electron chi connectivity index (χ3n) is 2.46. The third-order valence-corrected chi connectivity index (χ3v) is 3.01. The van der Waals surface area contributed by atoms with Crippen molar-refractivity contribution in [2.24, 2.45) is 0 Å². The van der Waals surface area contributed by atoms with Crippen LogP contribution in [-0.2, 0) is 0 Å². The summed E-state index contributed by atoms with van der Waals surface area (Å²) in [7, 11) is 1.60. The van der Waals surface area contributed by atoms with Gasteiger partial charge in [-0.05, 0) is 30.3 Å². The van der Waals surface area contributed by atoms with Gasteiger partial charge in [0.05, 0.1) is 29.2 Å². The Morgan fingerprint density at radius 3 is 2.39 bits per heavy atom. The van der Waals surface area contributed by atoms with Crippen LogP contribution in [0.25, 0.3) is 0 Å². The van der Waals surface area contributed by atoms with E-state index in [-0.39, 0.29) is 0 Å². The first-order valence-corrected chi connectivity index (χ1v) is 6.01. The average molecular weight is 283 g/mol. The number of nitrogen functional groups attached to an aromatic ring is 1. The van der Waals surface area contributed by atoms with Gasteiger partial charge >= 0.3 is 0 Å². The summed E-state index contributed by atoms with van der Waals surface area (Å²) >= 11 is 11.9. The van der Waals surface area contributed by atoms with Gasteiger partial charge in [-0.25, -0.2) is 0 Å². The van der Waals surface area contributed by atoms with Gasteiger partial charge in [-0.2, -0.15) is 0 Å². The minimum absolute atomic E-state index is 0.540. The van der Waals surface area contributed by atoms with Gasteiger partial charge in [-0.3, -0.25) is 0 Å². The molecule has 94 valence electrons. The minimum atomic E-state index is 0.540. The molecule has 0 aliphatic carbocycles. The molecule has 2 aromatic carbocycles. The highest BCUT2D eigenvalue weighted by molar-refractivity contribution is 6.36. The zero-order chi connectivity index (χ0) is 13.1. The molecule has 3 nitrogen and oxygen atoms in total. The lowest BCUT2D eigenvalue weighted by atomic mass is 10.2. The second kappa shape index (κ2) is 5.38. The van der Waals surface area contributed by atoms with Crippen LogP contribution < -0.4 is 15.8 Å². The molecule has 0 amide bonds. The Morgan fingerprint density at radius 1 is 1.06 bits per heavy atom. The Kier molecular flexibility index (Phi) is 3.84. The number of rotatable bonds is 3.